The van der Waals surface area contributed by atoms with Crippen LogP contribution in [0.3, 0.4) is 0 Å². The van der Waals surface area contributed by atoms with Crippen LogP contribution in [0.4, 0.5) is 0 Å². The van der Waals surface area contributed by atoms with E-state index in [0.29, 0.717) is 30.6 Å². The number of hydrogen-bond acceptors (Lipinski definition) is 6. The molecule has 0 unspecified atom stereocenters. The van der Waals surface area contributed by atoms with Gasteiger partial charge >= 0.3 is 0 Å². The smallest absolute Gasteiger partial charge is 0.241 e. The number of carbonyl (C=O) groups is 1. The second-order valence-electron chi connectivity index (χ2n) is 8.09. The van der Waals surface area contributed by atoms with Crippen LogP contribution in [-0.2, 0) is 11.3 Å². The van der Waals surface area contributed by atoms with Crippen molar-refractivity contribution < 1.29 is 9.32 Å². The lowest BCUT2D eigenvalue weighted by Crippen LogP contribution is -2.49. The van der Waals surface area contributed by atoms with Gasteiger partial charge in [-0.1, -0.05) is 41.4 Å². The predicted molar refractivity (Wildman–Crippen MR) is 121 cm³/mol. The van der Waals surface area contributed by atoms with Crippen molar-refractivity contribution in [2.24, 2.45) is 11.7 Å². The van der Waals surface area contributed by atoms with Crippen molar-refractivity contribution >= 4 is 30.7 Å². The third-order valence-corrected chi connectivity index (χ3v) is 6.02. The van der Waals surface area contributed by atoms with E-state index in [1.165, 1.54) is 5.56 Å². The second kappa shape index (κ2) is 11.1. The number of rotatable bonds is 5. The first-order valence-electron chi connectivity index (χ1n) is 10.2. The van der Waals surface area contributed by atoms with Crippen molar-refractivity contribution in [2.75, 3.05) is 26.2 Å². The molecule has 2 N–H and O–H groups in total. The summed E-state index contributed by atoms with van der Waals surface area (Å²) in [7, 11) is 0. The Morgan fingerprint density at radius 3 is 2.47 bits per heavy atom. The maximum Gasteiger partial charge on any atom is 0.241 e. The Morgan fingerprint density at radius 1 is 1.13 bits per heavy atom. The summed E-state index contributed by atoms with van der Waals surface area (Å²) >= 11 is 0. The molecular formula is C21H31Cl2N5O2. The van der Waals surface area contributed by atoms with Gasteiger partial charge in [-0.25, -0.2) is 0 Å². The zero-order valence-electron chi connectivity index (χ0n) is 17.3. The van der Waals surface area contributed by atoms with Gasteiger partial charge in [-0.2, -0.15) is 4.98 Å². The van der Waals surface area contributed by atoms with E-state index in [-0.39, 0.29) is 36.8 Å². The van der Waals surface area contributed by atoms with Crippen molar-refractivity contribution in [1.82, 2.24) is 19.9 Å². The van der Waals surface area contributed by atoms with Gasteiger partial charge in [0.05, 0.1) is 6.54 Å². The van der Waals surface area contributed by atoms with Gasteiger partial charge in [-0.05, 0) is 25.7 Å². The highest BCUT2D eigenvalue weighted by molar-refractivity contribution is 5.85. The Balaban J connectivity index is 0.00000160. The van der Waals surface area contributed by atoms with E-state index in [4.69, 9.17) is 10.3 Å². The van der Waals surface area contributed by atoms with Gasteiger partial charge in [0.25, 0.3) is 0 Å². The van der Waals surface area contributed by atoms with Crippen molar-refractivity contribution in [3.05, 3.63) is 35.7 Å². The number of aromatic nitrogens is 2. The molecule has 1 saturated carbocycles. The average Bonchev–Trinajstić information content (AvgIpc) is 3.32. The Labute approximate surface area is 190 Å². The quantitative estimate of drug-likeness (QED) is 0.744. The molecule has 4 rings (SSSR count). The molecule has 1 saturated heterocycles. The van der Waals surface area contributed by atoms with Crippen LogP contribution in [0.15, 0.2) is 28.8 Å². The molecule has 2 aromatic rings. The van der Waals surface area contributed by atoms with Gasteiger partial charge in [0, 0.05) is 44.2 Å². The van der Waals surface area contributed by atoms with E-state index in [2.05, 4.69) is 22.0 Å². The predicted octanol–water partition coefficient (Wildman–Crippen LogP) is 3.05. The SMILES string of the molecule is Cc1ccc(-c2noc(CN3CCN(C(=O)C[C@@H]4CCC[C@H]4N)CC3)n2)cc1.Cl.Cl. The number of benzene rings is 1. The molecule has 1 aliphatic heterocycles. The summed E-state index contributed by atoms with van der Waals surface area (Å²) in [6, 6.07) is 8.29. The lowest BCUT2D eigenvalue weighted by atomic mass is 9.99. The van der Waals surface area contributed by atoms with Crippen LogP contribution in [0.25, 0.3) is 11.4 Å². The van der Waals surface area contributed by atoms with Crippen LogP contribution < -0.4 is 5.73 Å². The van der Waals surface area contributed by atoms with E-state index < -0.39 is 0 Å². The van der Waals surface area contributed by atoms with Crippen molar-refractivity contribution in [2.45, 2.75) is 45.2 Å². The number of nitrogens with zero attached hydrogens (tertiary/aromatic N) is 4. The molecule has 2 heterocycles. The fourth-order valence-corrected chi connectivity index (χ4v) is 4.16. The zero-order valence-corrected chi connectivity index (χ0v) is 19.0. The minimum Gasteiger partial charge on any atom is -0.340 e. The summed E-state index contributed by atoms with van der Waals surface area (Å²) in [6.07, 6.45) is 3.90. The molecule has 1 aliphatic carbocycles. The lowest BCUT2D eigenvalue weighted by Gasteiger charge is -2.34. The van der Waals surface area contributed by atoms with Crippen molar-refractivity contribution in [1.29, 1.82) is 0 Å². The lowest BCUT2D eigenvalue weighted by molar-refractivity contribution is -0.134. The van der Waals surface area contributed by atoms with E-state index >= 15 is 0 Å². The standard InChI is InChI=1S/C21H29N5O2.2ClH/c1-15-5-7-16(8-6-15)21-23-19(28-24-21)14-25-9-11-26(12-10-25)20(27)13-17-3-2-4-18(17)22;;/h5-8,17-18H,2-4,9-14,22H2,1H3;2*1H/t17-,18+;;/m0../s1. The van der Waals surface area contributed by atoms with Gasteiger partial charge < -0.3 is 15.2 Å². The molecule has 2 atom stereocenters. The Morgan fingerprint density at radius 2 is 1.83 bits per heavy atom. The van der Waals surface area contributed by atoms with E-state index in [0.717, 1.165) is 51.0 Å². The molecule has 0 radical (unpaired) electrons. The molecule has 0 bridgehead atoms. The minimum absolute atomic E-state index is 0. The molecular weight excluding hydrogens is 425 g/mol. The highest BCUT2D eigenvalue weighted by Crippen LogP contribution is 2.27. The van der Waals surface area contributed by atoms with Crippen LogP contribution in [0.2, 0.25) is 0 Å². The second-order valence-corrected chi connectivity index (χ2v) is 8.09. The molecule has 166 valence electrons. The summed E-state index contributed by atoms with van der Waals surface area (Å²) in [5.41, 5.74) is 8.28. The van der Waals surface area contributed by atoms with Gasteiger partial charge in [0.2, 0.25) is 17.6 Å². The molecule has 1 aromatic carbocycles. The third-order valence-electron chi connectivity index (χ3n) is 6.02. The van der Waals surface area contributed by atoms with Crippen LogP contribution >= 0.6 is 24.8 Å². The molecule has 30 heavy (non-hydrogen) atoms. The van der Waals surface area contributed by atoms with Gasteiger partial charge in [-0.15, -0.1) is 24.8 Å². The average molecular weight is 456 g/mol. The summed E-state index contributed by atoms with van der Waals surface area (Å²) in [5.74, 6) is 1.86. The highest BCUT2D eigenvalue weighted by atomic mass is 35.5. The number of aryl methyl sites for hydroxylation is 1. The fourth-order valence-electron chi connectivity index (χ4n) is 4.16. The van der Waals surface area contributed by atoms with Crippen LogP contribution in [-0.4, -0.2) is 58.1 Å². The van der Waals surface area contributed by atoms with Gasteiger partial charge in [-0.3, -0.25) is 9.69 Å². The van der Waals surface area contributed by atoms with Crippen LogP contribution in [0.5, 0.6) is 0 Å². The van der Waals surface area contributed by atoms with Crippen molar-refractivity contribution in [3.63, 3.8) is 0 Å². The van der Waals surface area contributed by atoms with E-state index in [1.54, 1.807) is 0 Å². The Kier molecular flexibility index (Phi) is 9.09. The molecule has 7 nitrogen and oxygen atoms in total. The topological polar surface area (TPSA) is 88.5 Å². The molecule has 2 aliphatic rings. The van der Waals surface area contributed by atoms with E-state index in [1.807, 2.05) is 29.2 Å². The number of carbonyl (C=O) groups excluding carboxylic acids is 1. The van der Waals surface area contributed by atoms with E-state index in [9.17, 15) is 4.79 Å². The normalized spacial score (nSPS) is 21.7. The zero-order chi connectivity index (χ0) is 19.5. The molecule has 0 spiro atoms. The fraction of sp³-hybridized carbons (Fsp3) is 0.571. The van der Waals surface area contributed by atoms with Crippen LogP contribution in [0, 0.1) is 12.8 Å². The minimum atomic E-state index is 0. The molecule has 1 aromatic heterocycles. The first-order valence-corrected chi connectivity index (χ1v) is 10.2. The summed E-state index contributed by atoms with van der Waals surface area (Å²) in [5, 5.41) is 4.10. The monoisotopic (exact) mass is 455 g/mol. The first-order chi connectivity index (χ1) is 13.6. The molecule has 2 fully saturated rings. The van der Waals surface area contributed by atoms with Gasteiger partial charge in [0.1, 0.15) is 0 Å². The first kappa shape index (κ1) is 24.6. The number of amides is 1. The largest absolute Gasteiger partial charge is 0.340 e. The number of nitrogens with two attached hydrogens (primary N) is 1. The Bertz CT molecular complexity index is 806. The summed E-state index contributed by atoms with van der Waals surface area (Å²) < 4.78 is 5.43. The number of halogens is 2. The maximum absolute atomic E-state index is 12.6. The Hall–Kier alpha value is -1.67. The third kappa shape index (κ3) is 5.94. The highest BCUT2D eigenvalue weighted by Gasteiger charge is 2.29. The van der Waals surface area contributed by atoms with Crippen LogP contribution in [0.1, 0.15) is 37.1 Å². The number of piperazine rings is 1. The maximum atomic E-state index is 12.6. The summed E-state index contributed by atoms with van der Waals surface area (Å²) in [4.78, 5) is 21.3. The molecule has 9 heteroatoms. The van der Waals surface area contributed by atoms with Gasteiger partial charge in [0.15, 0.2) is 0 Å². The van der Waals surface area contributed by atoms with Crippen molar-refractivity contribution in [3.8, 4) is 11.4 Å². The number of hydrogen-bond donors (Lipinski definition) is 1. The summed E-state index contributed by atoms with van der Waals surface area (Å²) in [6.45, 7) is 5.82. The molecule has 1 amide bonds.